The van der Waals surface area contributed by atoms with E-state index < -0.39 is 5.41 Å². The van der Waals surface area contributed by atoms with Crippen molar-refractivity contribution in [3.63, 3.8) is 0 Å². The van der Waals surface area contributed by atoms with Gasteiger partial charge in [0, 0.05) is 5.41 Å². The summed E-state index contributed by atoms with van der Waals surface area (Å²) in [5.74, 6) is 0.374. The lowest BCUT2D eigenvalue weighted by Crippen LogP contribution is -2.56. The molecule has 0 bridgehead atoms. The van der Waals surface area contributed by atoms with Crippen molar-refractivity contribution in [1.82, 2.24) is 0 Å². The molecule has 0 aromatic heterocycles. The van der Waals surface area contributed by atoms with Gasteiger partial charge in [0.25, 0.3) is 0 Å². The quantitative estimate of drug-likeness (QED) is 0.162. The van der Waals surface area contributed by atoms with Crippen molar-refractivity contribution < 1.29 is 18.8 Å². The number of aryl methyl sites for hydroxylation is 2. The summed E-state index contributed by atoms with van der Waals surface area (Å²) in [4.78, 5) is 0. The van der Waals surface area contributed by atoms with E-state index in [-0.39, 0.29) is 41.5 Å². The molecule has 6 aliphatic rings. The van der Waals surface area contributed by atoms with Gasteiger partial charge in [0.15, 0.2) is 0 Å². The lowest BCUT2D eigenvalue weighted by atomic mass is 9.63. The van der Waals surface area contributed by atoms with Gasteiger partial charge in [-0.2, -0.15) is 0 Å². The summed E-state index contributed by atoms with van der Waals surface area (Å²) in [6, 6.07) is 26.5. The number of hydrogen-bond donors (Lipinski definition) is 0. The second-order valence-corrected chi connectivity index (χ2v) is 19.6. The average molecular weight is 739 g/mol. The molecule has 4 unspecified atom stereocenters. The van der Waals surface area contributed by atoms with Crippen LogP contribution in [0.5, 0.6) is 0 Å². The Morgan fingerprint density at radius 2 is 1.49 bits per heavy atom. The molecule has 290 valence electrons. The largest absolute Gasteiger partial charge is 0.490 e. The van der Waals surface area contributed by atoms with Crippen LogP contribution >= 0.6 is 0 Å². The Labute approximate surface area is 331 Å². The zero-order chi connectivity index (χ0) is 38.4. The number of fused-ring (bicyclic) bond motifs is 4. The highest BCUT2D eigenvalue weighted by molar-refractivity contribution is 6.55. The van der Waals surface area contributed by atoms with E-state index in [1.807, 2.05) is 0 Å². The standard InChI is InChI=1S/C50H63BO4/c1-9-10-11-12-16-34-17-14-19-38(27-34)50(37-18-13-15-33(2)26-37)42-28-35(36-29-44-45(30-36)53-47(5,6)46(3,4)32-52-44)20-22-40(42)41-23-21-39(31-43(41)50)51-54-48(7)24-25-49(48,8)55-51/h13-15,17-20,22,26-28,31,36,44-45H,9-12,16,21,23-25,29-30,32H2,1-8H3/t36?,44?,45-,48?,49?,50+/m1/s1. The van der Waals surface area contributed by atoms with Crippen LogP contribution < -0.4 is 0 Å². The van der Waals surface area contributed by atoms with Crippen molar-refractivity contribution >= 4 is 12.7 Å². The smallest absolute Gasteiger partial charge is 0.399 e. The highest BCUT2D eigenvalue weighted by Crippen LogP contribution is 2.60. The average Bonchev–Trinajstić information content (AvgIpc) is 3.73. The summed E-state index contributed by atoms with van der Waals surface area (Å²) >= 11 is 0. The number of unbranched alkanes of at least 4 members (excludes halogenated alkanes) is 3. The SMILES string of the molecule is CCCCCCc1cccc([C@]2(c3cccc(C)c3)C3=C(CCC(B4OC5(C)CCC5(C)O4)=C3)c3ccc(C4CC5OCC(C)(C)C(C)(C)O[C@@H]5C4)cc32)c1. The van der Waals surface area contributed by atoms with Gasteiger partial charge in [0.05, 0.1) is 41.0 Å². The second kappa shape index (κ2) is 13.6. The molecule has 3 aromatic carbocycles. The fourth-order valence-electron chi connectivity index (χ4n) is 10.9. The first kappa shape index (κ1) is 37.6. The van der Waals surface area contributed by atoms with Crippen LogP contribution in [-0.4, -0.2) is 42.7 Å². The predicted molar refractivity (Wildman–Crippen MR) is 224 cm³/mol. The molecule has 4 aliphatic carbocycles. The summed E-state index contributed by atoms with van der Waals surface area (Å²) < 4.78 is 27.3. The maximum absolute atomic E-state index is 6.94. The minimum absolute atomic E-state index is 0.0426. The highest BCUT2D eigenvalue weighted by Gasteiger charge is 2.64. The molecule has 2 aliphatic heterocycles. The number of rotatable bonds is 9. The third-order valence-electron chi connectivity index (χ3n) is 15.5. The Bertz CT molecular complexity index is 2020. The Kier molecular flexibility index (Phi) is 9.28. The number of allylic oxidation sites excluding steroid dienone is 4. The van der Waals surface area contributed by atoms with Crippen molar-refractivity contribution in [3.8, 4) is 0 Å². The van der Waals surface area contributed by atoms with Crippen LogP contribution in [0.25, 0.3) is 5.57 Å². The first-order valence-corrected chi connectivity index (χ1v) is 21.7. The molecule has 55 heavy (non-hydrogen) atoms. The monoisotopic (exact) mass is 738 g/mol. The molecule has 9 rings (SSSR count). The maximum Gasteiger partial charge on any atom is 0.490 e. The Hall–Kier alpha value is -2.96. The van der Waals surface area contributed by atoms with Crippen LogP contribution in [-0.2, 0) is 30.6 Å². The molecule has 2 heterocycles. The summed E-state index contributed by atoms with van der Waals surface area (Å²) in [7, 11) is -0.300. The van der Waals surface area contributed by atoms with Gasteiger partial charge in [-0.3, -0.25) is 0 Å². The molecule has 4 nitrogen and oxygen atoms in total. The molecule has 3 aromatic rings. The molecule has 0 radical (unpaired) electrons. The Morgan fingerprint density at radius 3 is 2.22 bits per heavy atom. The molecule has 4 fully saturated rings. The van der Waals surface area contributed by atoms with E-state index in [0.29, 0.717) is 5.92 Å². The topological polar surface area (TPSA) is 36.9 Å². The third kappa shape index (κ3) is 6.00. The van der Waals surface area contributed by atoms with Gasteiger partial charge in [-0.1, -0.05) is 118 Å². The van der Waals surface area contributed by atoms with Crippen LogP contribution in [0.15, 0.2) is 83.9 Å². The molecule has 2 saturated heterocycles. The molecule has 0 amide bonds. The van der Waals surface area contributed by atoms with Crippen molar-refractivity contribution in [2.75, 3.05) is 6.61 Å². The highest BCUT2D eigenvalue weighted by atomic mass is 16.7. The molecule has 0 spiro atoms. The lowest BCUT2D eigenvalue weighted by Gasteiger charge is -2.49. The first-order chi connectivity index (χ1) is 26.3. The van der Waals surface area contributed by atoms with E-state index >= 15 is 0 Å². The minimum atomic E-state index is -0.467. The van der Waals surface area contributed by atoms with Crippen LogP contribution in [0.3, 0.4) is 0 Å². The van der Waals surface area contributed by atoms with Gasteiger partial charge in [0.1, 0.15) is 0 Å². The Morgan fingerprint density at radius 1 is 0.764 bits per heavy atom. The van der Waals surface area contributed by atoms with Crippen molar-refractivity contribution in [1.29, 1.82) is 0 Å². The van der Waals surface area contributed by atoms with Gasteiger partial charge >= 0.3 is 7.12 Å². The van der Waals surface area contributed by atoms with E-state index in [0.717, 1.165) is 51.6 Å². The van der Waals surface area contributed by atoms with E-state index in [1.54, 1.807) is 0 Å². The lowest BCUT2D eigenvalue weighted by molar-refractivity contribution is -0.121. The molecule has 5 heteroatoms. The summed E-state index contributed by atoms with van der Waals surface area (Å²) in [6.07, 6.45) is 14.9. The number of hydrogen-bond acceptors (Lipinski definition) is 4. The van der Waals surface area contributed by atoms with Gasteiger partial charge in [0.2, 0.25) is 0 Å². The predicted octanol–water partition coefficient (Wildman–Crippen LogP) is 11.8. The van der Waals surface area contributed by atoms with Crippen LogP contribution in [0.1, 0.15) is 158 Å². The zero-order valence-corrected chi connectivity index (χ0v) is 34.9. The van der Waals surface area contributed by atoms with Gasteiger partial charge in [-0.15, -0.1) is 0 Å². The molecule has 0 N–H and O–H groups in total. The van der Waals surface area contributed by atoms with Gasteiger partial charge in [-0.05, 0) is 142 Å². The van der Waals surface area contributed by atoms with Crippen LogP contribution in [0.4, 0.5) is 0 Å². The first-order valence-electron chi connectivity index (χ1n) is 21.7. The fraction of sp³-hybridized carbons (Fsp3) is 0.560. The summed E-state index contributed by atoms with van der Waals surface area (Å²) in [5, 5.41) is 0. The van der Waals surface area contributed by atoms with E-state index in [9.17, 15) is 0 Å². The van der Waals surface area contributed by atoms with E-state index in [4.69, 9.17) is 18.8 Å². The third-order valence-corrected chi connectivity index (χ3v) is 15.5. The van der Waals surface area contributed by atoms with Gasteiger partial charge < -0.3 is 18.8 Å². The molecular weight excluding hydrogens is 675 g/mol. The maximum atomic E-state index is 6.94. The van der Waals surface area contributed by atoms with Crippen LogP contribution in [0, 0.1) is 12.3 Å². The number of benzene rings is 3. The van der Waals surface area contributed by atoms with E-state index in [1.165, 1.54) is 81.2 Å². The van der Waals surface area contributed by atoms with Gasteiger partial charge in [-0.25, -0.2) is 0 Å². The molecular formula is C50H63BO4. The minimum Gasteiger partial charge on any atom is -0.399 e. The fourth-order valence-corrected chi connectivity index (χ4v) is 10.9. The van der Waals surface area contributed by atoms with Crippen molar-refractivity contribution in [2.45, 2.75) is 166 Å². The van der Waals surface area contributed by atoms with Crippen molar-refractivity contribution in [2.24, 2.45) is 5.41 Å². The second-order valence-electron chi connectivity index (χ2n) is 19.6. The molecule has 2 saturated carbocycles. The van der Waals surface area contributed by atoms with E-state index in [2.05, 4.69) is 128 Å². The Balaban J connectivity index is 1.18. The summed E-state index contributed by atoms with van der Waals surface area (Å²) in [6.45, 7) is 18.8. The normalized spacial score (nSPS) is 33.0. The molecule has 6 atom stereocenters. The van der Waals surface area contributed by atoms with Crippen molar-refractivity contribution in [3.05, 3.63) is 123 Å². The zero-order valence-electron chi connectivity index (χ0n) is 34.9. The number of ether oxygens (including phenoxy) is 2. The van der Waals surface area contributed by atoms with Crippen LogP contribution in [0.2, 0.25) is 0 Å². The summed E-state index contributed by atoms with van der Waals surface area (Å²) in [5.41, 5.74) is 12.6.